The number of aromatic nitrogens is 4. The molecule has 0 radical (unpaired) electrons. The smallest absolute Gasteiger partial charge is 0.270 e. The molecule has 2 aromatic heterocycles. The Morgan fingerprint density at radius 2 is 1.88 bits per heavy atom. The second kappa shape index (κ2) is 8.01. The monoisotopic (exact) mass is 460 g/mol. The molecule has 168 valence electrons. The van der Waals surface area contributed by atoms with Gasteiger partial charge in [0.15, 0.2) is 5.82 Å². The largest absolute Gasteiger partial charge is 0.351 e. The number of fused-ring (bicyclic) bond motifs is 4. The van der Waals surface area contributed by atoms with Gasteiger partial charge in [-0.25, -0.2) is 0 Å². The Hall–Kier alpha value is -3.16. The van der Waals surface area contributed by atoms with Crippen molar-refractivity contribution >= 4 is 28.4 Å². The number of piperidine rings is 1. The molecular formula is C25H25ClN6O. The number of carbonyl (C=O) groups excluding carboxylic acids is 1. The van der Waals surface area contributed by atoms with Crippen molar-refractivity contribution in [3.63, 3.8) is 0 Å². The van der Waals surface area contributed by atoms with Crippen LogP contribution in [0.2, 0.25) is 5.02 Å². The number of amides is 1. The topological polar surface area (TPSA) is 70.1 Å². The number of para-hydroxylation sites is 1. The van der Waals surface area contributed by atoms with Crippen LogP contribution in [-0.2, 0) is 13.1 Å². The highest BCUT2D eigenvalue weighted by molar-refractivity contribution is 6.30. The van der Waals surface area contributed by atoms with Gasteiger partial charge in [0.05, 0.1) is 12.2 Å². The summed E-state index contributed by atoms with van der Waals surface area (Å²) in [5.74, 6) is 2.25. The van der Waals surface area contributed by atoms with E-state index in [0.29, 0.717) is 18.8 Å². The lowest BCUT2D eigenvalue weighted by atomic mass is 9.95. The van der Waals surface area contributed by atoms with Crippen LogP contribution in [0.3, 0.4) is 0 Å². The summed E-state index contributed by atoms with van der Waals surface area (Å²) in [6, 6.07) is 16.0. The maximum atomic E-state index is 13.1. The van der Waals surface area contributed by atoms with Gasteiger partial charge >= 0.3 is 0 Å². The first kappa shape index (κ1) is 20.4. The zero-order valence-electron chi connectivity index (χ0n) is 18.5. The van der Waals surface area contributed by atoms with E-state index in [-0.39, 0.29) is 11.8 Å². The lowest BCUT2D eigenvalue weighted by molar-refractivity contribution is 0.0705. The van der Waals surface area contributed by atoms with Gasteiger partial charge in [-0.3, -0.25) is 14.3 Å². The lowest BCUT2D eigenvalue weighted by Gasteiger charge is -2.31. The molecule has 0 unspecified atom stereocenters. The molecule has 6 rings (SSSR count). The second-order valence-corrected chi connectivity index (χ2v) is 9.53. The predicted molar refractivity (Wildman–Crippen MR) is 128 cm³/mol. The summed E-state index contributed by atoms with van der Waals surface area (Å²) in [5.41, 5.74) is 3.93. The summed E-state index contributed by atoms with van der Waals surface area (Å²) in [6.07, 6.45) is 1.73. The summed E-state index contributed by atoms with van der Waals surface area (Å²) in [7, 11) is 2.09. The van der Waals surface area contributed by atoms with Crippen molar-refractivity contribution < 1.29 is 4.79 Å². The minimum atomic E-state index is 0.0614. The fraction of sp³-hybridized carbons (Fsp3) is 0.320. The highest BCUT2D eigenvalue weighted by Gasteiger charge is 2.31. The van der Waals surface area contributed by atoms with Crippen molar-refractivity contribution in [3.05, 3.63) is 76.5 Å². The number of likely N-dealkylation sites (tertiary alicyclic amines) is 1. The summed E-state index contributed by atoms with van der Waals surface area (Å²) in [4.78, 5) is 20.6. The summed E-state index contributed by atoms with van der Waals surface area (Å²) in [6.45, 7) is 2.95. The van der Waals surface area contributed by atoms with E-state index in [0.717, 1.165) is 59.2 Å². The van der Waals surface area contributed by atoms with Crippen molar-refractivity contribution in [2.45, 2.75) is 31.8 Å². The summed E-state index contributed by atoms with van der Waals surface area (Å²) < 4.78 is 2.22. The molecule has 2 aliphatic heterocycles. The standard InChI is InChI=1S/C25H25ClN6O/c1-30-14-18-12-19(26)6-7-22(18)32-23(15-30)28-29-24(32)16-8-10-31(11-9-16)25(33)21-13-17-4-2-3-5-20(17)27-21/h2-7,12-13,16,27H,8-11,14-15H2,1H3. The van der Waals surface area contributed by atoms with Gasteiger partial charge in [-0.05, 0) is 55.8 Å². The Balaban J connectivity index is 1.24. The van der Waals surface area contributed by atoms with Crippen molar-refractivity contribution in [3.8, 4) is 5.69 Å². The van der Waals surface area contributed by atoms with Gasteiger partial charge in [0.2, 0.25) is 0 Å². The van der Waals surface area contributed by atoms with E-state index in [9.17, 15) is 4.79 Å². The van der Waals surface area contributed by atoms with Crippen LogP contribution in [0.5, 0.6) is 0 Å². The van der Waals surface area contributed by atoms with Crippen molar-refractivity contribution in [2.75, 3.05) is 20.1 Å². The molecule has 1 N–H and O–H groups in total. The molecule has 7 nitrogen and oxygen atoms in total. The van der Waals surface area contributed by atoms with Gasteiger partial charge in [0, 0.05) is 41.5 Å². The number of rotatable bonds is 2. The van der Waals surface area contributed by atoms with Crippen LogP contribution in [0.1, 0.15) is 46.5 Å². The Morgan fingerprint density at radius 1 is 1.06 bits per heavy atom. The minimum Gasteiger partial charge on any atom is -0.351 e. The lowest BCUT2D eigenvalue weighted by Crippen LogP contribution is -2.38. The average molecular weight is 461 g/mol. The van der Waals surface area contributed by atoms with Crippen LogP contribution in [0, 0.1) is 0 Å². The Labute approximate surface area is 197 Å². The minimum absolute atomic E-state index is 0.0614. The third-order valence-electron chi connectivity index (χ3n) is 6.80. The van der Waals surface area contributed by atoms with Gasteiger partial charge in [-0.1, -0.05) is 29.8 Å². The Morgan fingerprint density at radius 3 is 2.70 bits per heavy atom. The Kier molecular flexibility index (Phi) is 4.96. The Bertz CT molecular complexity index is 1320. The molecule has 0 aliphatic carbocycles. The zero-order valence-corrected chi connectivity index (χ0v) is 19.2. The van der Waals surface area contributed by atoms with E-state index in [1.165, 1.54) is 5.56 Å². The summed E-state index contributed by atoms with van der Waals surface area (Å²) in [5, 5.41) is 11.0. The molecule has 2 aromatic carbocycles. The van der Waals surface area contributed by atoms with Crippen LogP contribution in [0.25, 0.3) is 16.6 Å². The molecule has 2 aliphatic rings. The number of benzene rings is 2. The molecule has 1 fully saturated rings. The van der Waals surface area contributed by atoms with Crippen molar-refractivity contribution in [1.29, 1.82) is 0 Å². The molecule has 0 spiro atoms. The third kappa shape index (κ3) is 3.61. The van der Waals surface area contributed by atoms with Gasteiger partial charge in [-0.15, -0.1) is 10.2 Å². The number of nitrogens with one attached hydrogen (secondary N) is 1. The van der Waals surface area contributed by atoms with Gasteiger partial charge in [-0.2, -0.15) is 0 Å². The predicted octanol–water partition coefficient (Wildman–Crippen LogP) is 4.37. The quantitative estimate of drug-likeness (QED) is 0.482. The van der Waals surface area contributed by atoms with Crippen LogP contribution < -0.4 is 0 Å². The molecule has 33 heavy (non-hydrogen) atoms. The zero-order chi connectivity index (χ0) is 22.5. The van der Waals surface area contributed by atoms with Crippen molar-refractivity contribution in [1.82, 2.24) is 29.5 Å². The number of carbonyl (C=O) groups is 1. The molecule has 0 bridgehead atoms. The number of H-pyrrole nitrogens is 1. The highest BCUT2D eigenvalue weighted by atomic mass is 35.5. The molecule has 0 atom stereocenters. The van der Waals surface area contributed by atoms with Crippen LogP contribution in [0.4, 0.5) is 0 Å². The molecule has 1 saturated heterocycles. The average Bonchev–Trinajstić information content (AvgIpc) is 3.40. The van der Waals surface area contributed by atoms with Gasteiger partial charge < -0.3 is 9.88 Å². The van der Waals surface area contributed by atoms with Crippen molar-refractivity contribution in [2.24, 2.45) is 0 Å². The highest BCUT2D eigenvalue weighted by Crippen LogP contribution is 2.33. The third-order valence-corrected chi connectivity index (χ3v) is 7.03. The number of aromatic amines is 1. The molecule has 8 heteroatoms. The number of hydrogen-bond donors (Lipinski definition) is 1. The van der Waals surface area contributed by atoms with Crippen LogP contribution in [0.15, 0.2) is 48.5 Å². The maximum absolute atomic E-state index is 13.1. The van der Waals surface area contributed by atoms with Gasteiger partial charge in [0.25, 0.3) is 5.91 Å². The molecular weight excluding hydrogens is 436 g/mol. The molecule has 0 saturated carbocycles. The normalized spacial score (nSPS) is 17.1. The molecule has 1 amide bonds. The van der Waals surface area contributed by atoms with E-state index in [1.807, 2.05) is 47.4 Å². The second-order valence-electron chi connectivity index (χ2n) is 9.09. The first-order valence-corrected chi connectivity index (χ1v) is 11.7. The number of nitrogens with zero attached hydrogens (tertiary/aromatic N) is 5. The fourth-order valence-corrected chi connectivity index (χ4v) is 5.34. The van der Waals surface area contributed by atoms with E-state index >= 15 is 0 Å². The number of hydrogen-bond acceptors (Lipinski definition) is 4. The van der Waals surface area contributed by atoms with Gasteiger partial charge in [0.1, 0.15) is 11.5 Å². The van der Waals surface area contributed by atoms with Crippen LogP contribution in [-0.4, -0.2) is 55.6 Å². The maximum Gasteiger partial charge on any atom is 0.270 e. The van der Waals surface area contributed by atoms with E-state index in [1.54, 1.807) is 0 Å². The van der Waals surface area contributed by atoms with Crippen LogP contribution >= 0.6 is 11.6 Å². The van der Waals surface area contributed by atoms with E-state index in [4.69, 9.17) is 11.6 Å². The molecule has 4 aromatic rings. The van der Waals surface area contributed by atoms with E-state index < -0.39 is 0 Å². The SMILES string of the molecule is CN1Cc2cc(Cl)ccc2-n2c(nnc2C2CCN(C(=O)c3cc4ccccc4[nH]3)CC2)C1. The fourth-order valence-electron chi connectivity index (χ4n) is 5.15. The summed E-state index contributed by atoms with van der Waals surface area (Å²) >= 11 is 6.29. The van der Waals surface area contributed by atoms with E-state index in [2.05, 4.69) is 37.8 Å². The first-order chi connectivity index (χ1) is 16.1. The number of halogens is 1. The molecule has 4 heterocycles. The first-order valence-electron chi connectivity index (χ1n) is 11.4.